The molecule has 1 aliphatic carbocycles. The van der Waals surface area contributed by atoms with Gasteiger partial charge < -0.3 is 4.74 Å². The van der Waals surface area contributed by atoms with Gasteiger partial charge in [0.25, 0.3) is 0 Å². The van der Waals surface area contributed by atoms with Gasteiger partial charge in [0.2, 0.25) is 0 Å². The lowest BCUT2D eigenvalue weighted by molar-refractivity contribution is -0.275. The van der Waals surface area contributed by atoms with Gasteiger partial charge in [0.1, 0.15) is 17.2 Å². The predicted molar refractivity (Wildman–Crippen MR) is 115 cm³/mol. The van der Waals surface area contributed by atoms with E-state index in [0.717, 1.165) is 62.8 Å². The zero-order chi connectivity index (χ0) is 24.2. The Labute approximate surface area is 191 Å². The molecule has 0 spiro atoms. The highest BCUT2D eigenvalue weighted by molar-refractivity contribution is 5.31. The molecule has 1 atom stereocenters. The van der Waals surface area contributed by atoms with E-state index < -0.39 is 41.0 Å². The van der Waals surface area contributed by atoms with Crippen LogP contribution in [0.1, 0.15) is 93.9 Å². The maximum atomic E-state index is 14.7. The molecule has 0 bridgehead atoms. The molecule has 0 aromatic heterocycles. The number of ether oxygens (including phenoxy) is 1. The zero-order valence-electron chi connectivity index (χ0n) is 19.0. The summed E-state index contributed by atoms with van der Waals surface area (Å²) in [6.07, 6.45) is 2.43. The molecule has 0 radical (unpaired) electrons. The van der Waals surface area contributed by atoms with Crippen molar-refractivity contribution in [3.05, 3.63) is 70.3 Å². The number of alkyl halides is 2. The Bertz CT molecular complexity index is 913. The fourth-order valence-corrected chi connectivity index (χ4v) is 4.69. The van der Waals surface area contributed by atoms with Crippen LogP contribution in [0.15, 0.2) is 30.3 Å². The van der Waals surface area contributed by atoms with E-state index in [-0.39, 0.29) is 11.5 Å². The molecule has 0 aliphatic heterocycles. The third-order valence-corrected chi connectivity index (χ3v) is 6.63. The number of unbranched alkanes of at least 4 members (excludes halogenated alkanes) is 2. The second kappa shape index (κ2) is 10.9. The first-order valence-electron chi connectivity index (χ1n) is 11.6. The summed E-state index contributed by atoms with van der Waals surface area (Å²) in [4.78, 5) is 0. The van der Waals surface area contributed by atoms with Crippen LogP contribution >= 0.6 is 0 Å². The van der Waals surface area contributed by atoms with Crippen molar-refractivity contribution < 1.29 is 31.1 Å². The van der Waals surface area contributed by atoms with E-state index in [1.54, 1.807) is 0 Å². The van der Waals surface area contributed by atoms with E-state index in [9.17, 15) is 26.3 Å². The Kier molecular flexibility index (Phi) is 8.48. The number of rotatable bonds is 9. The van der Waals surface area contributed by atoms with Crippen molar-refractivity contribution in [2.45, 2.75) is 83.3 Å². The predicted octanol–water partition coefficient (Wildman–Crippen LogP) is 8.92. The monoisotopic (exact) mass is 472 g/mol. The Morgan fingerprint density at radius 3 is 2.09 bits per heavy atom. The standard InChI is InChI=1S/C26H30F6O/c1-3-4-5-6-17-7-9-18(10-8-17)20-14-23(29)25(24(30)15-20)26(31,32)33-16(2)19-11-12-21(27)22(28)13-19/h11-18H,3-10H2,1-2H3. The molecule has 0 saturated heterocycles. The fourth-order valence-electron chi connectivity index (χ4n) is 4.69. The molecule has 2 aromatic carbocycles. The molecule has 0 N–H and O–H groups in total. The summed E-state index contributed by atoms with van der Waals surface area (Å²) in [5, 5.41) is 0. The number of benzene rings is 2. The largest absolute Gasteiger partial charge is 0.389 e. The lowest BCUT2D eigenvalue weighted by Crippen LogP contribution is -2.24. The van der Waals surface area contributed by atoms with E-state index in [1.807, 2.05) is 0 Å². The highest BCUT2D eigenvalue weighted by Crippen LogP contribution is 2.42. The van der Waals surface area contributed by atoms with Crippen LogP contribution < -0.4 is 0 Å². The third-order valence-electron chi connectivity index (χ3n) is 6.63. The SMILES string of the molecule is CCCCCC1CCC(c2cc(F)c(C(F)(F)OC(C)c3ccc(F)c(F)c3)c(F)c2)CC1. The highest BCUT2D eigenvalue weighted by atomic mass is 19.3. The van der Waals surface area contributed by atoms with E-state index in [1.165, 1.54) is 19.8 Å². The second-order valence-electron chi connectivity index (χ2n) is 9.02. The topological polar surface area (TPSA) is 9.23 Å². The maximum absolute atomic E-state index is 14.7. The minimum atomic E-state index is -4.30. The van der Waals surface area contributed by atoms with Crippen molar-refractivity contribution in [3.63, 3.8) is 0 Å². The minimum Gasteiger partial charge on any atom is -0.309 e. The summed E-state index contributed by atoms with van der Waals surface area (Å²) in [6.45, 7) is 3.32. The van der Waals surface area contributed by atoms with Crippen molar-refractivity contribution in [2.24, 2.45) is 5.92 Å². The zero-order valence-corrected chi connectivity index (χ0v) is 19.0. The number of halogens is 6. The quantitative estimate of drug-likeness (QED) is 0.261. The summed E-state index contributed by atoms with van der Waals surface area (Å²) in [7, 11) is 0. The van der Waals surface area contributed by atoms with Gasteiger partial charge in [0.05, 0.1) is 6.10 Å². The van der Waals surface area contributed by atoms with Gasteiger partial charge in [0.15, 0.2) is 11.6 Å². The van der Waals surface area contributed by atoms with Gasteiger partial charge in [-0.05, 0) is 79.8 Å². The average molecular weight is 473 g/mol. The summed E-state index contributed by atoms with van der Waals surface area (Å²) in [6, 6.07) is 4.51. The number of hydrogen-bond donors (Lipinski definition) is 0. The smallest absolute Gasteiger partial charge is 0.309 e. The lowest BCUT2D eigenvalue weighted by Gasteiger charge is -2.29. The summed E-state index contributed by atoms with van der Waals surface area (Å²) < 4.78 is 89.9. The molecule has 1 nitrogen and oxygen atoms in total. The third kappa shape index (κ3) is 6.31. The minimum absolute atomic E-state index is 0.0684. The molecule has 2 aromatic rings. The molecule has 3 rings (SSSR count). The molecular weight excluding hydrogens is 442 g/mol. The lowest BCUT2D eigenvalue weighted by atomic mass is 9.77. The molecule has 7 heteroatoms. The van der Waals surface area contributed by atoms with E-state index in [4.69, 9.17) is 0 Å². The van der Waals surface area contributed by atoms with E-state index in [0.29, 0.717) is 17.5 Å². The van der Waals surface area contributed by atoms with Crippen molar-refractivity contribution >= 4 is 0 Å². The van der Waals surface area contributed by atoms with Gasteiger partial charge in [0, 0.05) is 0 Å². The molecular formula is C26H30F6O. The maximum Gasteiger partial charge on any atom is 0.389 e. The first-order chi connectivity index (χ1) is 15.6. The molecule has 0 heterocycles. The van der Waals surface area contributed by atoms with Crippen LogP contribution in [0.25, 0.3) is 0 Å². The second-order valence-corrected chi connectivity index (χ2v) is 9.02. The van der Waals surface area contributed by atoms with Crippen LogP contribution in [-0.2, 0) is 10.8 Å². The Morgan fingerprint density at radius 1 is 0.879 bits per heavy atom. The van der Waals surface area contributed by atoms with Crippen LogP contribution in [0.5, 0.6) is 0 Å². The van der Waals surface area contributed by atoms with Crippen LogP contribution in [-0.4, -0.2) is 0 Å². The molecule has 1 fully saturated rings. The fraction of sp³-hybridized carbons (Fsp3) is 0.538. The Hall–Kier alpha value is -2.02. The van der Waals surface area contributed by atoms with Crippen LogP contribution in [0.4, 0.5) is 26.3 Å². The highest BCUT2D eigenvalue weighted by Gasteiger charge is 2.42. The number of hydrogen-bond acceptors (Lipinski definition) is 1. The summed E-state index contributed by atoms with van der Waals surface area (Å²) in [5.41, 5.74) is -1.18. The first-order valence-corrected chi connectivity index (χ1v) is 11.6. The first kappa shape index (κ1) is 25.6. The van der Waals surface area contributed by atoms with Crippen molar-refractivity contribution in [3.8, 4) is 0 Å². The molecule has 182 valence electrons. The van der Waals surface area contributed by atoms with E-state index >= 15 is 0 Å². The van der Waals surface area contributed by atoms with E-state index in [2.05, 4.69) is 11.7 Å². The Morgan fingerprint density at radius 2 is 1.52 bits per heavy atom. The van der Waals surface area contributed by atoms with Crippen LogP contribution in [0.2, 0.25) is 0 Å². The van der Waals surface area contributed by atoms with Crippen molar-refractivity contribution in [1.82, 2.24) is 0 Å². The average Bonchev–Trinajstić information content (AvgIpc) is 2.75. The molecule has 1 unspecified atom stereocenters. The molecule has 1 aliphatic rings. The van der Waals surface area contributed by atoms with Crippen molar-refractivity contribution in [1.29, 1.82) is 0 Å². The van der Waals surface area contributed by atoms with Gasteiger partial charge in [-0.2, -0.15) is 8.78 Å². The Balaban J connectivity index is 1.70. The summed E-state index contributed by atoms with van der Waals surface area (Å²) in [5.74, 6) is -4.58. The van der Waals surface area contributed by atoms with Crippen LogP contribution in [0.3, 0.4) is 0 Å². The van der Waals surface area contributed by atoms with Crippen molar-refractivity contribution in [2.75, 3.05) is 0 Å². The normalized spacial score (nSPS) is 20.1. The molecule has 0 amide bonds. The van der Waals surface area contributed by atoms with Crippen LogP contribution in [0, 0.1) is 29.2 Å². The van der Waals surface area contributed by atoms with Gasteiger partial charge in [-0.15, -0.1) is 0 Å². The summed E-state index contributed by atoms with van der Waals surface area (Å²) >= 11 is 0. The van der Waals surface area contributed by atoms with Gasteiger partial charge in [-0.1, -0.05) is 38.7 Å². The van der Waals surface area contributed by atoms with Gasteiger partial charge in [-0.3, -0.25) is 0 Å². The van der Waals surface area contributed by atoms with Gasteiger partial charge in [-0.25, -0.2) is 17.6 Å². The van der Waals surface area contributed by atoms with Gasteiger partial charge >= 0.3 is 6.11 Å². The molecule has 1 saturated carbocycles. The molecule has 33 heavy (non-hydrogen) atoms.